The van der Waals surface area contributed by atoms with Crippen molar-refractivity contribution in [2.24, 2.45) is 40.5 Å². The van der Waals surface area contributed by atoms with E-state index in [9.17, 15) is 92.3 Å². The zero-order chi connectivity index (χ0) is 78.2. The molecule has 0 aliphatic heterocycles. The van der Waals surface area contributed by atoms with Gasteiger partial charge in [-0.15, -0.1) is 0 Å². The molecule has 0 fully saturated rings. The summed E-state index contributed by atoms with van der Waals surface area (Å²) in [6.07, 6.45) is -3.52. The molecule has 105 heavy (non-hydrogen) atoms. The Kier molecular flexibility index (Phi) is 35.0. The number of carbonyl (C=O) groups excluding carboxylic acids is 14. The zero-order valence-electron chi connectivity index (χ0n) is 58.6. The Morgan fingerprint density at radius 3 is 1.42 bits per heavy atom. The first-order chi connectivity index (χ1) is 49.6. The van der Waals surface area contributed by atoms with Crippen molar-refractivity contribution in [1.29, 1.82) is 0 Å². The molecule has 0 saturated heterocycles. The average Bonchev–Trinajstić information content (AvgIpc) is 1.78. The Morgan fingerprint density at radius 1 is 0.467 bits per heavy atom. The van der Waals surface area contributed by atoms with Gasteiger partial charge in [-0.05, 0) is 110 Å². The highest BCUT2D eigenvalue weighted by Gasteiger charge is 2.39. The number of aromatic nitrogens is 1. The number of fused-ring (bicyclic) bond motifs is 1. The van der Waals surface area contributed by atoms with Crippen LogP contribution in [0, 0.1) is 11.8 Å². The van der Waals surface area contributed by atoms with Crippen LogP contribution in [0.2, 0.25) is 0 Å². The predicted octanol–water partition coefficient (Wildman–Crippen LogP) is -3.44. The number of aldehydes is 1. The number of carboxylic acids is 2. The summed E-state index contributed by atoms with van der Waals surface area (Å²) in [4.78, 5) is 218. The highest BCUT2D eigenvalue weighted by Crippen LogP contribution is 2.21. The van der Waals surface area contributed by atoms with Gasteiger partial charge >= 0.3 is 11.9 Å². The third kappa shape index (κ3) is 29.7. The zero-order valence-corrected chi connectivity index (χ0v) is 58.6. The van der Waals surface area contributed by atoms with E-state index in [4.69, 9.17) is 28.7 Å². The van der Waals surface area contributed by atoms with E-state index in [2.05, 4.69) is 58.2 Å². The Hall–Kier alpha value is -11.6. The van der Waals surface area contributed by atoms with Crippen molar-refractivity contribution in [1.82, 2.24) is 58.2 Å². The van der Waals surface area contributed by atoms with Crippen LogP contribution in [0.4, 0.5) is 0 Å². The van der Waals surface area contributed by atoms with Crippen molar-refractivity contribution >= 4 is 106 Å². The van der Waals surface area contributed by atoms with Crippen molar-refractivity contribution < 1.29 is 97.1 Å². The third-order valence-corrected chi connectivity index (χ3v) is 16.7. The Morgan fingerprint density at radius 2 is 0.914 bits per heavy atom. The van der Waals surface area contributed by atoms with Crippen LogP contribution in [-0.2, 0) is 96.0 Å². The number of hydrogen-bond acceptors (Lipinski definition) is 20. The molecule has 1 aromatic heterocycles. The predicted molar refractivity (Wildman–Crippen MR) is 376 cm³/mol. The lowest BCUT2D eigenvalue weighted by Gasteiger charge is -2.30. The number of nitrogens with two attached hydrogens (primary N) is 5. The molecule has 4 aromatic rings. The number of H-pyrrole nitrogens is 1. The van der Waals surface area contributed by atoms with Crippen LogP contribution in [0.5, 0.6) is 11.5 Å². The quantitative estimate of drug-likeness (QED) is 0.0151. The van der Waals surface area contributed by atoms with Crippen molar-refractivity contribution in [3.8, 4) is 11.5 Å². The number of hydrogen-bond donors (Lipinski definition) is 20. The van der Waals surface area contributed by atoms with Gasteiger partial charge in [0.15, 0.2) is 0 Å². The fraction of sp³-hybridized carbons (Fsp3) is 0.478. The molecule has 12 atom stereocenters. The Balaban J connectivity index is 1.69. The SMILES string of the molecule is CC[C@H](C)[C@H](NC(=O)[C@H](Cc1c[nH]c2ccccc12)NC(=O)[C@H](CC(=O)O)NC(=O)[C@H](CCC(=O)O)NC(=O)[C@H](CC(C)C)NC(=O)[C@@H](N)Cc1ccc(O)cc1)C(=O)N[C@@H](CCCCN)C(=O)N[C@@H](Cc1ccc(O)cc1)C(=O)N[C@@H](CC(N)=O)C(=O)N[C@@H](CC(N)=O)C(=O)N[C@H](C=O)CCC(N)=O. The number of para-hydroxylation sites is 1. The molecule has 36 nitrogen and oxygen atoms in total. The topological polar surface area (TPSA) is 620 Å². The van der Waals surface area contributed by atoms with E-state index < -0.39 is 200 Å². The fourth-order valence-corrected chi connectivity index (χ4v) is 10.9. The summed E-state index contributed by atoms with van der Waals surface area (Å²) in [5.41, 5.74) is 29.9. The molecule has 25 N–H and O–H groups in total. The minimum Gasteiger partial charge on any atom is -0.508 e. The van der Waals surface area contributed by atoms with Gasteiger partial charge < -0.3 is 112 Å². The Labute approximate surface area is 603 Å². The standard InChI is InChI=1S/C69H96N16O20/c1-5-36(4)59(69(105)78-46(12-8-9-25-70)61(97)80-49(28-38-15-20-42(88)21-16-38)65(101)83-52(31-56(74)91)66(102)82-51(30-55(73)90)63(99)76-40(34-86)17-23-54(72)89)85-68(104)50(29-39-33-75-45-11-7-6-10-43(39)45)81-67(103)53(32-58(94)95)84-62(98)47(22-24-57(92)93)77-64(100)48(26-35(2)3)79-60(96)44(71)27-37-13-18-41(87)19-14-37/h6-7,10-11,13-16,18-21,33-36,40,44,46-53,59,75,87-88H,5,8-9,12,17,22-32,70-71H2,1-4H3,(H2,72,89)(H2,73,90)(H2,74,91)(H,76,99)(H,77,100)(H,78,105)(H,79,96)(H,80,97)(H,81,103)(H,82,102)(H,83,101)(H,84,98)(H,85,104)(H,92,93)(H,94,95)/t36-,40-,44-,46-,47-,48-,49-,50-,51-,52-,53-,59-/m0/s1. The van der Waals surface area contributed by atoms with Crippen molar-refractivity contribution in [3.63, 3.8) is 0 Å². The molecule has 3 aromatic carbocycles. The van der Waals surface area contributed by atoms with Gasteiger partial charge in [0.05, 0.1) is 31.3 Å². The second-order valence-electron chi connectivity index (χ2n) is 25.8. The van der Waals surface area contributed by atoms with Crippen LogP contribution in [0.25, 0.3) is 10.9 Å². The van der Waals surface area contributed by atoms with E-state index >= 15 is 4.79 Å². The number of unbranched alkanes of at least 4 members (excludes halogenated alkanes) is 1. The van der Waals surface area contributed by atoms with Crippen LogP contribution in [0.1, 0.15) is 121 Å². The monoisotopic (exact) mass is 1470 g/mol. The van der Waals surface area contributed by atoms with Crippen LogP contribution >= 0.6 is 0 Å². The average molecular weight is 1470 g/mol. The van der Waals surface area contributed by atoms with Gasteiger partial charge in [-0.25, -0.2) is 0 Å². The summed E-state index contributed by atoms with van der Waals surface area (Å²) in [6, 6.07) is -0.160. The highest BCUT2D eigenvalue weighted by molar-refractivity contribution is 6.01. The fourth-order valence-electron chi connectivity index (χ4n) is 10.9. The highest BCUT2D eigenvalue weighted by atomic mass is 16.4. The molecular formula is C69H96N16O20. The second-order valence-corrected chi connectivity index (χ2v) is 25.8. The minimum absolute atomic E-state index is 0.0142. The third-order valence-electron chi connectivity index (χ3n) is 16.7. The van der Waals surface area contributed by atoms with Crippen LogP contribution in [0.3, 0.4) is 0 Å². The van der Waals surface area contributed by atoms with E-state index in [0.717, 1.165) is 0 Å². The second kappa shape index (κ2) is 42.8. The number of phenolic OH excluding ortho intramolecular Hbond substituents is 2. The van der Waals surface area contributed by atoms with Crippen molar-refractivity contribution in [2.45, 2.75) is 190 Å². The number of rotatable bonds is 47. The molecule has 0 unspecified atom stereocenters. The van der Waals surface area contributed by atoms with Crippen molar-refractivity contribution in [2.75, 3.05) is 6.54 Å². The number of carboxylic acid groups (broad SMARTS) is 2. The number of primary amides is 3. The smallest absolute Gasteiger partial charge is 0.305 e. The number of aromatic hydroxyl groups is 2. The molecule has 4 rings (SSSR count). The Bertz CT molecular complexity index is 3720. The molecule has 572 valence electrons. The van der Waals surface area contributed by atoms with Gasteiger partial charge in [0.2, 0.25) is 76.8 Å². The van der Waals surface area contributed by atoms with Crippen LogP contribution in [0.15, 0.2) is 79.0 Å². The van der Waals surface area contributed by atoms with E-state index in [1.807, 2.05) is 0 Å². The van der Waals surface area contributed by atoms with Crippen molar-refractivity contribution in [3.05, 3.63) is 95.7 Å². The molecule has 0 aliphatic carbocycles. The molecule has 1 heterocycles. The number of benzene rings is 3. The maximum Gasteiger partial charge on any atom is 0.305 e. The van der Waals surface area contributed by atoms with Gasteiger partial charge in [0, 0.05) is 42.8 Å². The number of phenols is 2. The summed E-state index contributed by atoms with van der Waals surface area (Å²) < 4.78 is 0. The largest absolute Gasteiger partial charge is 0.508 e. The molecule has 0 spiro atoms. The van der Waals surface area contributed by atoms with E-state index in [1.54, 1.807) is 64.1 Å². The van der Waals surface area contributed by atoms with E-state index in [1.165, 1.54) is 42.6 Å². The van der Waals surface area contributed by atoms with Crippen LogP contribution in [-0.4, -0.2) is 193 Å². The first-order valence-corrected chi connectivity index (χ1v) is 34.0. The van der Waals surface area contributed by atoms with E-state index in [0.29, 0.717) is 34.0 Å². The summed E-state index contributed by atoms with van der Waals surface area (Å²) in [7, 11) is 0. The number of aromatic amines is 1. The van der Waals surface area contributed by atoms with Gasteiger partial charge in [-0.1, -0.05) is 76.6 Å². The van der Waals surface area contributed by atoms with Crippen LogP contribution < -0.4 is 81.8 Å². The lowest BCUT2D eigenvalue weighted by Crippen LogP contribution is -2.62. The lowest BCUT2D eigenvalue weighted by atomic mass is 9.96. The molecular weight excluding hydrogens is 1370 g/mol. The molecule has 36 heteroatoms. The number of nitrogens with one attached hydrogen (secondary N) is 11. The molecule has 13 amide bonds. The van der Waals surface area contributed by atoms with Gasteiger partial charge in [0.1, 0.15) is 72.2 Å². The summed E-state index contributed by atoms with van der Waals surface area (Å²) in [5, 5.41) is 64.6. The normalized spacial score (nSPS) is 14.5. The first kappa shape index (κ1) is 85.8. The van der Waals surface area contributed by atoms with Gasteiger partial charge in [-0.3, -0.25) is 71.9 Å². The summed E-state index contributed by atoms with van der Waals surface area (Å²) >= 11 is 0. The maximum absolute atomic E-state index is 15.0. The van der Waals surface area contributed by atoms with Gasteiger partial charge in [-0.2, -0.15) is 0 Å². The van der Waals surface area contributed by atoms with Gasteiger partial charge in [0.25, 0.3) is 0 Å². The molecule has 0 aliphatic rings. The minimum atomic E-state index is -2.06. The number of carbonyl (C=O) groups is 16. The summed E-state index contributed by atoms with van der Waals surface area (Å²) in [6.45, 7) is 6.80. The summed E-state index contributed by atoms with van der Waals surface area (Å²) in [5.74, 6) is -18.4. The lowest BCUT2D eigenvalue weighted by molar-refractivity contribution is -0.142. The van der Waals surface area contributed by atoms with E-state index in [-0.39, 0.29) is 81.6 Å². The maximum atomic E-state index is 15.0. The molecule has 0 radical (unpaired) electrons. The number of amides is 13. The first-order valence-electron chi connectivity index (χ1n) is 34.0. The number of aliphatic carboxylic acids is 2. The molecule has 0 saturated carbocycles. The molecule has 0 bridgehead atoms.